The van der Waals surface area contributed by atoms with Crippen LogP contribution in [-0.4, -0.2) is 15.5 Å². The molecule has 1 fully saturated rings. The van der Waals surface area contributed by atoms with Crippen LogP contribution >= 0.6 is 0 Å². The number of nitrogens with two attached hydrogens (primary N) is 1. The lowest BCUT2D eigenvalue weighted by Crippen LogP contribution is -2.54. The molecule has 3 rings (SSSR count). The average molecular weight is 312 g/mol. The van der Waals surface area contributed by atoms with Gasteiger partial charge in [-0.3, -0.25) is 14.2 Å². The van der Waals surface area contributed by atoms with E-state index in [1.807, 2.05) is 12.1 Å². The molecular formula is C17H20N4O2. The van der Waals surface area contributed by atoms with Crippen LogP contribution in [0.4, 0.5) is 0 Å². The van der Waals surface area contributed by atoms with Crippen LogP contribution in [0.1, 0.15) is 31.2 Å². The van der Waals surface area contributed by atoms with Gasteiger partial charge in [0.15, 0.2) is 0 Å². The Hall–Kier alpha value is -2.47. The molecule has 1 atom stereocenters. The van der Waals surface area contributed by atoms with Crippen molar-refractivity contribution in [2.75, 3.05) is 0 Å². The number of benzene rings is 1. The van der Waals surface area contributed by atoms with Crippen LogP contribution in [0.15, 0.2) is 35.3 Å². The molecule has 2 heterocycles. The molecule has 0 radical (unpaired) electrons. The summed E-state index contributed by atoms with van der Waals surface area (Å²) >= 11 is 0. The van der Waals surface area contributed by atoms with E-state index >= 15 is 0 Å². The van der Waals surface area contributed by atoms with Gasteiger partial charge in [-0.1, -0.05) is 18.7 Å². The molecule has 1 aliphatic rings. The SMILES string of the molecule is C=C1CC[C@](C)(n2c(C)nc3cccc(CN)c3c2=O)C(=O)N1. The first-order valence-corrected chi connectivity index (χ1v) is 7.59. The second-order valence-corrected chi connectivity index (χ2v) is 6.15. The van der Waals surface area contributed by atoms with Crippen LogP contribution in [-0.2, 0) is 16.9 Å². The van der Waals surface area contributed by atoms with Crippen LogP contribution in [0.5, 0.6) is 0 Å². The molecule has 6 heteroatoms. The van der Waals surface area contributed by atoms with E-state index in [1.165, 1.54) is 4.57 Å². The molecule has 0 saturated carbocycles. The lowest BCUT2D eigenvalue weighted by atomic mass is 9.89. The lowest BCUT2D eigenvalue weighted by Gasteiger charge is -2.36. The number of carbonyl (C=O) groups excluding carboxylic acids is 1. The third kappa shape index (κ3) is 2.26. The zero-order valence-electron chi connectivity index (χ0n) is 13.3. The molecule has 1 aromatic carbocycles. The van der Waals surface area contributed by atoms with Crippen molar-refractivity contribution in [2.24, 2.45) is 5.73 Å². The second-order valence-electron chi connectivity index (χ2n) is 6.15. The van der Waals surface area contributed by atoms with Gasteiger partial charge in [0.2, 0.25) is 5.91 Å². The Bertz CT molecular complexity index is 884. The number of nitrogens with zero attached hydrogens (tertiary/aromatic N) is 2. The lowest BCUT2D eigenvalue weighted by molar-refractivity contribution is -0.130. The first-order chi connectivity index (χ1) is 10.9. The molecule has 1 aliphatic heterocycles. The van der Waals surface area contributed by atoms with Crippen molar-refractivity contribution in [1.29, 1.82) is 0 Å². The predicted octanol–water partition coefficient (Wildman–Crippen LogP) is 1.30. The van der Waals surface area contributed by atoms with Gasteiger partial charge >= 0.3 is 0 Å². The molecule has 23 heavy (non-hydrogen) atoms. The number of fused-ring (bicyclic) bond motifs is 1. The second kappa shape index (κ2) is 5.31. The number of carbonyl (C=O) groups is 1. The smallest absolute Gasteiger partial charge is 0.262 e. The van der Waals surface area contributed by atoms with Crippen molar-refractivity contribution in [3.63, 3.8) is 0 Å². The molecule has 1 saturated heterocycles. The highest BCUT2D eigenvalue weighted by molar-refractivity contribution is 5.88. The molecule has 0 aliphatic carbocycles. The van der Waals surface area contributed by atoms with Gasteiger partial charge in [-0.25, -0.2) is 4.98 Å². The molecule has 3 N–H and O–H groups in total. The van der Waals surface area contributed by atoms with E-state index in [0.29, 0.717) is 35.3 Å². The Morgan fingerprint density at radius 3 is 2.83 bits per heavy atom. The number of aryl methyl sites for hydroxylation is 1. The zero-order valence-corrected chi connectivity index (χ0v) is 13.3. The van der Waals surface area contributed by atoms with Crippen molar-refractivity contribution in [3.05, 3.63) is 52.2 Å². The Labute approximate surface area is 134 Å². The predicted molar refractivity (Wildman–Crippen MR) is 88.8 cm³/mol. The Morgan fingerprint density at radius 2 is 2.17 bits per heavy atom. The zero-order chi connectivity index (χ0) is 16.8. The Morgan fingerprint density at radius 1 is 1.43 bits per heavy atom. The summed E-state index contributed by atoms with van der Waals surface area (Å²) in [6.45, 7) is 7.56. The third-order valence-electron chi connectivity index (χ3n) is 4.56. The number of hydrogen-bond donors (Lipinski definition) is 2. The highest BCUT2D eigenvalue weighted by Gasteiger charge is 2.40. The summed E-state index contributed by atoms with van der Waals surface area (Å²) < 4.78 is 1.50. The molecule has 2 aromatic rings. The van der Waals surface area contributed by atoms with Crippen LogP contribution in [0, 0.1) is 6.92 Å². The third-order valence-corrected chi connectivity index (χ3v) is 4.56. The molecule has 1 aromatic heterocycles. The minimum absolute atomic E-state index is 0.223. The molecule has 0 unspecified atom stereocenters. The van der Waals surface area contributed by atoms with Crippen molar-refractivity contribution >= 4 is 16.8 Å². The Kier molecular flexibility index (Phi) is 3.56. The largest absolute Gasteiger partial charge is 0.328 e. The van der Waals surface area contributed by atoms with Gasteiger partial charge in [0.25, 0.3) is 5.56 Å². The number of amides is 1. The highest BCUT2D eigenvalue weighted by atomic mass is 16.2. The molecular weight excluding hydrogens is 292 g/mol. The maximum Gasteiger partial charge on any atom is 0.262 e. The summed E-state index contributed by atoms with van der Waals surface area (Å²) in [6, 6.07) is 5.44. The summed E-state index contributed by atoms with van der Waals surface area (Å²) in [5, 5.41) is 3.24. The number of nitrogens with one attached hydrogen (secondary N) is 1. The normalized spacial score (nSPS) is 21.5. The monoisotopic (exact) mass is 312 g/mol. The first-order valence-electron chi connectivity index (χ1n) is 7.59. The number of hydrogen-bond acceptors (Lipinski definition) is 4. The van der Waals surface area contributed by atoms with Gasteiger partial charge in [0, 0.05) is 12.2 Å². The molecule has 120 valence electrons. The van der Waals surface area contributed by atoms with Gasteiger partial charge in [0.05, 0.1) is 10.9 Å². The summed E-state index contributed by atoms with van der Waals surface area (Å²) in [5.41, 5.74) is 6.58. The molecule has 0 bridgehead atoms. The number of aromatic nitrogens is 2. The number of allylic oxidation sites excluding steroid dienone is 1. The fourth-order valence-corrected chi connectivity index (χ4v) is 3.24. The molecule has 6 nitrogen and oxygen atoms in total. The van der Waals surface area contributed by atoms with E-state index < -0.39 is 5.54 Å². The summed E-state index contributed by atoms with van der Waals surface area (Å²) in [5.74, 6) is 0.284. The van der Waals surface area contributed by atoms with Crippen LogP contribution in [0.2, 0.25) is 0 Å². The van der Waals surface area contributed by atoms with E-state index in [4.69, 9.17) is 5.73 Å². The maximum absolute atomic E-state index is 13.1. The minimum atomic E-state index is -0.981. The van der Waals surface area contributed by atoms with E-state index in [0.717, 1.165) is 5.56 Å². The first kappa shape index (κ1) is 15.4. The van der Waals surface area contributed by atoms with Gasteiger partial charge < -0.3 is 11.1 Å². The summed E-state index contributed by atoms with van der Waals surface area (Å²) in [6.07, 6.45) is 1.14. The van der Waals surface area contributed by atoms with Gasteiger partial charge in [-0.2, -0.15) is 0 Å². The maximum atomic E-state index is 13.1. The summed E-state index contributed by atoms with van der Waals surface area (Å²) in [4.78, 5) is 30.2. The van der Waals surface area contributed by atoms with Crippen LogP contribution in [0.3, 0.4) is 0 Å². The topological polar surface area (TPSA) is 90.0 Å². The van der Waals surface area contributed by atoms with Crippen LogP contribution < -0.4 is 16.6 Å². The average Bonchev–Trinajstić information content (AvgIpc) is 2.50. The number of rotatable bonds is 2. The fourth-order valence-electron chi connectivity index (χ4n) is 3.24. The minimum Gasteiger partial charge on any atom is -0.328 e. The van der Waals surface area contributed by atoms with Gasteiger partial charge in [-0.05, 0) is 38.3 Å². The fraction of sp³-hybridized carbons (Fsp3) is 0.353. The standard InChI is InChI=1S/C17H20N4O2/c1-10-7-8-17(3,16(23)19-10)21-11(2)20-13-6-4-5-12(9-18)14(13)15(21)22/h4-6H,1,7-9,18H2,2-3H3,(H,19,23)/t17-/m0/s1. The molecule has 1 amide bonds. The van der Waals surface area contributed by atoms with E-state index in [1.54, 1.807) is 19.9 Å². The van der Waals surface area contributed by atoms with Crippen LogP contribution in [0.25, 0.3) is 10.9 Å². The van der Waals surface area contributed by atoms with Crippen molar-refractivity contribution in [3.8, 4) is 0 Å². The number of piperidine rings is 1. The highest BCUT2D eigenvalue weighted by Crippen LogP contribution is 2.29. The quantitative estimate of drug-likeness (QED) is 0.874. The van der Waals surface area contributed by atoms with Crippen molar-refractivity contribution in [2.45, 2.75) is 38.8 Å². The molecule has 0 spiro atoms. The Balaban J connectivity index is 2.32. The van der Waals surface area contributed by atoms with Gasteiger partial charge in [0.1, 0.15) is 11.4 Å². The van der Waals surface area contributed by atoms with Crippen molar-refractivity contribution in [1.82, 2.24) is 14.9 Å². The van der Waals surface area contributed by atoms with E-state index in [9.17, 15) is 9.59 Å². The van der Waals surface area contributed by atoms with E-state index in [2.05, 4.69) is 16.9 Å². The summed E-state index contributed by atoms with van der Waals surface area (Å²) in [7, 11) is 0. The van der Waals surface area contributed by atoms with E-state index in [-0.39, 0.29) is 18.0 Å². The van der Waals surface area contributed by atoms with Gasteiger partial charge in [-0.15, -0.1) is 0 Å². The van der Waals surface area contributed by atoms with Crippen molar-refractivity contribution < 1.29 is 4.79 Å².